The maximum absolute atomic E-state index is 6.08. The smallest absolute Gasteiger partial charge is 0.0767 e. The van der Waals surface area contributed by atoms with Crippen LogP contribution in [-0.4, -0.2) is 15.7 Å². The van der Waals surface area contributed by atoms with E-state index in [0.29, 0.717) is 5.88 Å². The molecule has 1 N–H and O–H groups in total. The van der Waals surface area contributed by atoms with E-state index in [1.165, 1.54) is 5.56 Å². The molecular formula is C15H19BrClN3. The van der Waals surface area contributed by atoms with Crippen LogP contribution >= 0.6 is 27.5 Å². The van der Waals surface area contributed by atoms with Gasteiger partial charge < -0.3 is 5.32 Å². The Hall–Kier alpha value is -0.840. The van der Waals surface area contributed by atoms with Gasteiger partial charge in [-0.1, -0.05) is 37.3 Å². The molecule has 2 rings (SSSR count). The lowest BCUT2D eigenvalue weighted by molar-refractivity contribution is 0.550. The van der Waals surface area contributed by atoms with Crippen LogP contribution in [0.1, 0.15) is 29.9 Å². The van der Waals surface area contributed by atoms with E-state index in [9.17, 15) is 0 Å². The molecule has 0 radical (unpaired) electrons. The first kappa shape index (κ1) is 15.5. The number of nitrogens with one attached hydrogen (secondary N) is 1. The number of rotatable bonds is 6. The quantitative estimate of drug-likeness (QED) is 0.798. The minimum Gasteiger partial charge on any atom is -0.303 e. The standard InChI is InChI=1S/C15H19BrClN3/c1-3-12-15(16)14(20(2)19-12)10-18-13(9-17)11-7-5-4-6-8-11/h4-8,13,18H,3,9-10H2,1-2H3. The molecule has 0 aliphatic heterocycles. The zero-order valence-electron chi connectivity index (χ0n) is 11.7. The zero-order valence-corrected chi connectivity index (χ0v) is 14.1. The van der Waals surface area contributed by atoms with Crippen molar-refractivity contribution >= 4 is 27.5 Å². The first-order valence-electron chi connectivity index (χ1n) is 6.71. The topological polar surface area (TPSA) is 29.9 Å². The summed E-state index contributed by atoms with van der Waals surface area (Å²) in [4.78, 5) is 0. The van der Waals surface area contributed by atoms with E-state index in [0.717, 1.165) is 28.8 Å². The van der Waals surface area contributed by atoms with E-state index in [-0.39, 0.29) is 6.04 Å². The van der Waals surface area contributed by atoms with Gasteiger partial charge in [-0.2, -0.15) is 5.10 Å². The summed E-state index contributed by atoms with van der Waals surface area (Å²) in [5.74, 6) is 0.542. The van der Waals surface area contributed by atoms with Crippen LogP contribution in [0, 0.1) is 0 Å². The fraction of sp³-hybridized carbons (Fsp3) is 0.400. The van der Waals surface area contributed by atoms with Gasteiger partial charge in [0.2, 0.25) is 0 Å². The van der Waals surface area contributed by atoms with Crippen molar-refractivity contribution in [3.63, 3.8) is 0 Å². The molecule has 0 aliphatic carbocycles. The van der Waals surface area contributed by atoms with Crippen molar-refractivity contribution in [2.24, 2.45) is 7.05 Å². The second-order valence-electron chi connectivity index (χ2n) is 4.68. The first-order chi connectivity index (χ1) is 9.67. The van der Waals surface area contributed by atoms with Crippen LogP contribution in [-0.2, 0) is 20.0 Å². The molecule has 2 aromatic rings. The number of benzene rings is 1. The normalized spacial score (nSPS) is 12.6. The lowest BCUT2D eigenvalue weighted by Gasteiger charge is -2.16. The van der Waals surface area contributed by atoms with Crippen LogP contribution in [0.5, 0.6) is 0 Å². The van der Waals surface area contributed by atoms with Crippen LogP contribution in [0.15, 0.2) is 34.8 Å². The molecule has 1 unspecified atom stereocenters. The van der Waals surface area contributed by atoms with Gasteiger partial charge in [0.25, 0.3) is 0 Å². The molecule has 1 atom stereocenters. The number of halogens is 2. The van der Waals surface area contributed by atoms with Gasteiger partial charge in [0, 0.05) is 25.5 Å². The Morgan fingerprint density at radius 3 is 2.60 bits per heavy atom. The summed E-state index contributed by atoms with van der Waals surface area (Å²) in [6.07, 6.45) is 0.923. The van der Waals surface area contributed by atoms with Gasteiger partial charge in [0.1, 0.15) is 0 Å². The monoisotopic (exact) mass is 355 g/mol. The summed E-state index contributed by atoms with van der Waals surface area (Å²) in [5.41, 5.74) is 3.44. The summed E-state index contributed by atoms with van der Waals surface area (Å²) < 4.78 is 3.02. The van der Waals surface area contributed by atoms with Crippen molar-refractivity contribution in [2.45, 2.75) is 25.9 Å². The van der Waals surface area contributed by atoms with E-state index in [1.54, 1.807) is 0 Å². The Balaban J connectivity index is 2.09. The third-order valence-corrected chi connectivity index (χ3v) is 4.60. The maximum atomic E-state index is 6.08. The highest BCUT2D eigenvalue weighted by atomic mass is 79.9. The van der Waals surface area contributed by atoms with Crippen molar-refractivity contribution in [1.82, 2.24) is 15.1 Å². The third-order valence-electron chi connectivity index (χ3n) is 3.38. The molecule has 0 fully saturated rings. The second kappa shape index (κ2) is 7.25. The Labute approximate surface area is 133 Å². The Bertz CT molecular complexity index is 554. The predicted octanol–water partition coefficient (Wildman–Crippen LogP) is 3.81. The fourth-order valence-electron chi connectivity index (χ4n) is 2.18. The van der Waals surface area contributed by atoms with Crippen LogP contribution < -0.4 is 5.32 Å². The van der Waals surface area contributed by atoms with E-state index in [2.05, 4.69) is 45.4 Å². The SMILES string of the molecule is CCc1nn(C)c(CNC(CCl)c2ccccc2)c1Br. The summed E-state index contributed by atoms with van der Waals surface area (Å²) in [6.45, 7) is 2.84. The molecular weight excluding hydrogens is 338 g/mol. The maximum Gasteiger partial charge on any atom is 0.0767 e. The third kappa shape index (κ3) is 3.43. The van der Waals surface area contributed by atoms with Crippen molar-refractivity contribution in [3.8, 4) is 0 Å². The molecule has 20 heavy (non-hydrogen) atoms. The average Bonchev–Trinajstić information content (AvgIpc) is 2.76. The molecule has 1 aromatic heterocycles. The van der Waals surface area contributed by atoms with E-state index < -0.39 is 0 Å². The molecule has 5 heteroatoms. The molecule has 0 saturated carbocycles. The summed E-state index contributed by atoms with van der Waals surface area (Å²) in [7, 11) is 1.97. The van der Waals surface area contributed by atoms with Crippen molar-refractivity contribution in [3.05, 3.63) is 51.8 Å². The molecule has 3 nitrogen and oxygen atoms in total. The molecule has 108 valence electrons. The highest BCUT2D eigenvalue weighted by Gasteiger charge is 2.15. The number of aromatic nitrogens is 2. The number of hydrogen-bond donors (Lipinski definition) is 1. The van der Waals surface area contributed by atoms with Gasteiger partial charge >= 0.3 is 0 Å². The summed E-state index contributed by atoms with van der Waals surface area (Å²) in [5, 5.41) is 8.00. The van der Waals surface area contributed by atoms with Crippen molar-refractivity contribution in [1.29, 1.82) is 0 Å². The minimum atomic E-state index is 0.143. The van der Waals surface area contributed by atoms with Gasteiger partial charge in [-0.05, 0) is 27.9 Å². The first-order valence-corrected chi connectivity index (χ1v) is 8.04. The molecule has 1 aromatic carbocycles. The summed E-state index contributed by atoms with van der Waals surface area (Å²) in [6, 6.07) is 10.4. The molecule has 0 bridgehead atoms. The second-order valence-corrected chi connectivity index (χ2v) is 5.78. The van der Waals surface area contributed by atoms with Crippen LogP contribution in [0.4, 0.5) is 0 Å². The molecule has 0 aliphatic rings. The van der Waals surface area contributed by atoms with Gasteiger partial charge in [0.15, 0.2) is 0 Å². The number of nitrogens with zero attached hydrogens (tertiary/aromatic N) is 2. The molecule has 0 amide bonds. The van der Waals surface area contributed by atoms with Crippen molar-refractivity contribution < 1.29 is 0 Å². The Morgan fingerprint density at radius 1 is 1.35 bits per heavy atom. The average molecular weight is 357 g/mol. The van der Waals surface area contributed by atoms with Gasteiger partial charge in [-0.15, -0.1) is 11.6 Å². The van der Waals surface area contributed by atoms with Crippen molar-refractivity contribution in [2.75, 3.05) is 5.88 Å². The molecule has 0 spiro atoms. The van der Waals surface area contributed by atoms with E-state index in [1.807, 2.05) is 29.9 Å². The largest absolute Gasteiger partial charge is 0.303 e. The zero-order chi connectivity index (χ0) is 14.5. The minimum absolute atomic E-state index is 0.143. The molecule has 0 saturated heterocycles. The number of hydrogen-bond acceptors (Lipinski definition) is 2. The van der Waals surface area contributed by atoms with Gasteiger partial charge in [-0.25, -0.2) is 0 Å². The van der Waals surface area contributed by atoms with Gasteiger partial charge in [-0.3, -0.25) is 4.68 Å². The van der Waals surface area contributed by atoms with Crippen LogP contribution in [0.2, 0.25) is 0 Å². The number of alkyl halides is 1. The Kier molecular flexibility index (Phi) is 5.64. The van der Waals surface area contributed by atoms with E-state index in [4.69, 9.17) is 11.6 Å². The molecule has 1 heterocycles. The Morgan fingerprint density at radius 2 is 2.05 bits per heavy atom. The highest BCUT2D eigenvalue weighted by Crippen LogP contribution is 2.22. The lowest BCUT2D eigenvalue weighted by atomic mass is 10.1. The van der Waals surface area contributed by atoms with Crippen LogP contribution in [0.3, 0.4) is 0 Å². The number of aryl methyl sites for hydroxylation is 2. The van der Waals surface area contributed by atoms with E-state index >= 15 is 0 Å². The highest BCUT2D eigenvalue weighted by molar-refractivity contribution is 9.10. The lowest BCUT2D eigenvalue weighted by Crippen LogP contribution is -2.23. The van der Waals surface area contributed by atoms with Gasteiger partial charge in [0.05, 0.1) is 15.9 Å². The fourth-order valence-corrected chi connectivity index (χ4v) is 3.22. The summed E-state index contributed by atoms with van der Waals surface area (Å²) >= 11 is 9.72. The predicted molar refractivity (Wildman–Crippen MR) is 87.0 cm³/mol. The van der Waals surface area contributed by atoms with Crippen LogP contribution in [0.25, 0.3) is 0 Å².